The van der Waals surface area contributed by atoms with Crippen LogP contribution in [-0.2, 0) is 4.74 Å². The summed E-state index contributed by atoms with van der Waals surface area (Å²) in [5, 5.41) is 12.6. The van der Waals surface area contributed by atoms with Gasteiger partial charge >= 0.3 is 0 Å². The molecule has 1 aromatic heterocycles. The van der Waals surface area contributed by atoms with Crippen LogP contribution >= 0.6 is 11.6 Å². The lowest BCUT2D eigenvalue weighted by molar-refractivity contribution is 0.0922. The number of ether oxygens (including phenoxy) is 1. The van der Waals surface area contributed by atoms with E-state index in [0.717, 1.165) is 24.8 Å². The van der Waals surface area contributed by atoms with E-state index >= 15 is 0 Å². The molecule has 1 aromatic carbocycles. The molecule has 2 bridgehead atoms. The van der Waals surface area contributed by atoms with Crippen molar-refractivity contribution in [2.75, 3.05) is 5.73 Å². The molecule has 4 rings (SSSR count). The third-order valence-corrected chi connectivity index (χ3v) is 4.47. The first-order valence-electron chi connectivity index (χ1n) is 6.71. The van der Waals surface area contributed by atoms with Crippen molar-refractivity contribution in [3.8, 4) is 11.4 Å². The second kappa shape index (κ2) is 4.43. The Morgan fingerprint density at radius 2 is 2.25 bits per heavy atom. The van der Waals surface area contributed by atoms with E-state index in [1.54, 1.807) is 12.1 Å². The molecule has 0 amide bonds. The minimum atomic E-state index is 0.218. The number of fused-ring (bicyclic) bond motifs is 2. The zero-order chi connectivity index (χ0) is 13.7. The summed E-state index contributed by atoms with van der Waals surface area (Å²) in [7, 11) is 0. The zero-order valence-corrected chi connectivity index (χ0v) is 11.5. The normalized spacial score (nSPS) is 28.1. The summed E-state index contributed by atoms with van der Waals surface area (Å²) < 4.78 is 7.75. The molecule has 2 saturated heterocycles. The molecule has 3 unspecified atom stereocenters. The molecule has 20 heavy (non-hydrogen) atoms. The summed E-state index contributed by atoms with van der Waals surface area (Å²) in [5.41, 5.74) is 7.17. The molecule has 3 atom stereocenters. The lowest BCUT2D eigenvalue weighted by atomic mass is 9.95. The van der Waals surface area contributed by atoms with E-state index in [1.807, 2.05) is 10.7 Å². The van der Waals surface area contributed by atoms with Crippen molar-refractivity contribution in [3.63, 3.8) is 0 Å². The van der Waals surface area contributed by atoms with Gasteiger partial charge in [0.25, 0.3) is 0 Å². The topological polar surface area (TPSA) is 78.9 Å². The average molecular weight is 292 g/mol. The van der Waals surface area contributed by atoms with Crippen molar-refractivity contribution in [2.24, 2.45) is 0 Å². The highest BCUT2D eigenvalue weighted by Crippen LogP contribution is 2.42. The van der Waals surface area contributed by atoms with Gasteiger partial charge in [-0.1, -0.05) is 11.6 Å². The summed E-state index contributed by atoms with van der Waals surface area (Å²) in [5.74, 6) is 0.716. The van der Waals surface area contributed by atoms with Crippen molar-refractivity contribution >= 4 is 17.3 Å². The Labute approximate surface area is 120 Å². The third kappa shape index (κ3) is 1.79. The van der Waals surface area contributed by atoms with Gasteiger partial charge in [-0.05, 0) is 47.9 Å². The minimum Gasteiger partial charge on any atom is -0.398 e. The Hall–Kier alpha value is -1.66. The molecule has 7 heteroatoms. The number of nitrogens with zero attached hydrogens (tertiary/aromatic N) is 4. The van der Waals surface area contributed by atoms with Crippen LogP contribution in [0.5, 0.6) is 0 Å². The summed E-state index contributed by atoms with van der Waals surface area (Å²) >= 11 is 6.08. The number of halogens is 1. The number of hydrogen-bond donors (Lipinski definition) is 1. The van der Waals surface area contributed by atoms with Crippen molar-refractivity contribution < 1.29 is 4.74 Å². The molecule has 2 aliphatic rings. The molecular weight excluding hydrogens is 278 g/mol. The summed E-state index contributed by atoms with van der Waals surface area (Å²) in [6.45, 7) is 0. The molecule has 104 valence electrons. The number of anilines is 1. The fraction of sp³-hybridized carbons (Fsp3) is 0.462. The van der Waals surface area contributed by atoms with Crippen LogP contribution in [0, 0.1) is 0 Å². The Kier molecular flexibility index (Phi) is 2.68. The Balaban J connectivity index is 1.73. The Morgan fingerprint density at radius 3 is 2.95 bits per heavy atom. The largest absolute Gasteiger partial charge is 0.398 e. The van der Waals surface area contributed by atoms with Crippen LogP contribution in [0.3, 0.4) is 0 Å². The molecule has 0 radical (unpaired) electrons. The quantitative estimate of drug-likeness (QED) is 0.857. The molecular formula is C13H14ClN5O. The number of tetrazole rings is 1. The monoisotopic (exact) mass is 291 g/mol. The standard InChI is InChI=1S/C13H14ClN5O/c14-9-5-7(1-3-10(9)15)13-16-17-18-19(13)11-6-8-2-4-12(11)20-8/h1,3,5,8,11-12H,2,4,6,15H2. The highest BCUT2D eigenvalue weighted by Gasteiger charge is 2.43. The van der Waals surface area contributed by atoms with Crippen molar-refractivity contribution in [3.05, 3.63) is 23.2 Å². The predicted molar refractivity (Wildman–Crippen MR) is 74.2 cm³/mol. The first kappa shape index (κ1) is 12.1. The van der Waals surface area contributed by atoms with Gasteiger partial charge in [-0.2, -0.15) is 0 Å². The number of nitrogen functional groups attached to an aromatic ring is 1. The van der Waals surface area contributed by atoms with E-state index in [-0.39, 0.29) is 12.1 Å². The SMILES string of the molecule is Nc1ccc(-c2nnnn2C2CC3CCC2O3)cc1Cl. The zero-order valence-electron chi connectivity index (χ0n) is 10.7. The van der Waals surface area contributed by atoms with Crippen LogP contribution < -0.4 is 5.73 Å². The van der Waals surface area contributed by atoms with Gasteiger partial charge in [0.2, 0.25) is 0 Å². The maximum absolute atomic E-state index is 6.08. The van der Waals surface area contributed by atoms with E-state index in [1.165, 1.54) is 0 Å². The van der Waals surface area contributed by atoms with Crippen LogP contribution in [0.25, 0.3) is 11.4 Å². The molecule has 0 saturated carbocycles. The first-order chi connectivity index (χ1) is 9.72. The van der Waals surface area contributed by atoms with Gasteiger partial charge in [0.1, 0.15) is 0 Å². The van der Waals surface area contributed by atoms with Crippen LogP contribution in [-0.4, -0.2) is 32.4 Å². The smallest absolute Gasteiger partial charge is 0.182 e. The van der Waals surface area contributed by atoms with Gasteiger partial charge in [0.05, 0.1) is 29.0 Å². The maximum Gasteiger partial charge on any atom is 0.182 e. The van der Waals surface area contributed by atoms with E-state index < -0.39 is 0 Å². The Morgan fingerprint density at radius 1 is 1.35 bits per heavy atom. The lowest BCUT2D eigenvalue weighted by Crippen LogP contribution is -2.22. The van der Waals surface area contributed by atoms with Gasteiger partial charge < -0.3 is 10.5 Å². The van der Waals surface area contributed by atoms with Gasteiger partial charge in [0.15, 0.2) is 5.82 Å². The molecule has 2 aromatic rings. The van der Waals surface area contributed by atoms with Crippen LogP contribution in [0.4, 0.5) is 5.69 Å². The minimum absolute atomic E-state index is 0.218. The number of aromatic nitrogens is 4. The van der Waals surface area contributed by atoms with Crippen molar-refractivity contribution in [1.29, 1.82) is 0 Å². The highest BCUT2D eigenvalue weighted by molar-refractivity contribution is 6.33. The van der Waals surface area contributed by atoms with E-state index in [4.69, 9.17) is 22.1 Å². The molecule has 2 N–H and O–H groups in total. The lowest BCUT2D eigenvalue weighted by Gasteiger charge is -2.19. The fourth-order valence-electron chi connectivity index (χ4n) is 3.14. The number of benzene rings is 1. The number of hydrogen-bond acceptors (Lipinski definition) is 5. The Bertz CT molecular complexity index is 658. The summed E-state index contributed by atoms with van der Waals surface area (Å²) in [6.07, 6.45) is 3.79. The second-order valence-electron chi connectivity index (χ2n) is 5.36. The number of nitrogens with two attached hydrogens (primary N) is 1. The van der Waals surface area contributed by atoms with Gasteiger partial charge in [-0.3, -0.25) is 0 Å². The molecule has 6 nitrogen and oxygen atoms in total. The molecule has 0 aliphatic carbocycles. The van der Waals surface area contributed by atoms with Gasteiger partial charge in [-0.25, -0.2) is 4.68 Å². The first-order valence-corrected chi connectivity index (χ1v) is 7.09. The predicted octanol–water partition coefficient (Wildman–Crippen LogP) is 2.07. The van der Waals surface area contributed by atoms with Crippen molar-refractivity contribution in [1.82, 2.24) is 20.2 Å². The molecule has 0 spiro atoms. The van der Waals surface area contributed by atoms with E-state index in [9.17, 15) is 0 Å². The summed E-state index contributed by atoms with van der Waals surface area (Å²) in [6, 6.07) is 5.67. The van der Waals surface area contributed by atoms with Crippen LogP contribution in [0.1, 0.15) is 25.3 Å². The number of rotatable bonds is 2. The second-order valence-corrected chi connectivity index (χ2v) is 5.77. The van der Waals surface area contributed by atoms with Crippen molar-refractivity contribution in [2.45, 2.75) is 37.5 Å². The molecule has 2 aliphatic heterocycles. The summed E-state index contributed by atoms with van der Waals surface area (Å²) in [4.78, 5) is 0. The average Bonchev–Trinajstić information content (AvgIpc) is 3.16. The maximum atomic E-state index is 6.08. The molecule has 2 fully saturated rings. The highest BCUT2D eigenvalue weighted by atomic mass is 35.5. The van der Waals surface area contributed by atoms with Gasteiger partial charge in [-0.15, -0.1) is 5.10 Å². The van der Waals surface area contributed by atoms with Crippen LogP contribution in [0.15, 0.2) is 18.2 Å². The van der Waals surface area contributed by atoms with E-state index in [0.29, 0.717) is 22.6 Å². The van der Waals surface area contributed by atoms with E-state index in [2.05, 4.69) is 15.5 Å². The third-order valence-electron chi connectivity index (χ3n) is 4.14. The van der Waals surface area contributed by atoms with Gasteiger partial charge in [0, 0.05) is 5.56 Å². The fourth-order valence-corrected chi connectivity index (χ4v) is 3.32. The van der Waals surface area contributed by atoms with Crippen LogP contribution in [0.2, 0.25) is 5.02 Å². The molecule has 3 heterocycles.